The molecular weight excluding hydrogens is 346 g/mol. The standard InChI is InChI=1S/C23H29N5/c1-2-4-21(5-3-1)22-15-26-28-17-18(14-25-23(22)28)16-27-12-8-20(9-13-27)19-6-10-24-11-7-19/h1-5,14-15,17,19-20,24H,6-13,16H2. The third-order valence-electron chi connectivity index (χ3n) is 6.58. The average molecular weight is 376 g/mol. The highest BCUT2D eigenvalue weighted by atomic mass is 15.2. The molecule has 146 valence electrons. The molecule has 5 rings (SSSR count). The van der Waals surface area contributed by atoms with Crippen LogP contribution < -0.4 is 5.32 Å². The predicted molar refractivity (Wildman–Crippen MR) is 112 cm³/mol. The fraction of sp³-hybridized carbons (Fsp3) is 0.478. The Kier molecular flexibility index (Phi) is 5.10. The lowest BCUT2D eigenvalue weighted by Crippen LogP contribution is -2.39. The summed E-state index contributed by atoms with van der Waals surface area (Å²) in [4.78, 5) is 7.32. The van der Waals surface area contributed by atoms with Crippen molar-refractivity contribution in [3.8, 4) is 11.1 Å². The molecule has 0 aliphatic carbocycles. The first kappa shape index (κ1) is 17.8. The number of aromatic nitrogens is 3. The van der Waals surface area contributed by atoms with Gasteiger partial charge in [0.15, 0.2) is 5.65 Å². The van der Waals surface area contributed by atoms with Gasteiger partial charge in [-0.3, -0.25) is 4.90 Å². The third-order valence-corrected chi connectivity index (χ3v) is 6.58. The molecule has 28 heavy (non-hydrogen) atoms. The summed E-state index contributed by atoms with van der Waals surface area (Å²) in [6.45, 7) is 5.82. The smallest absolute Gasteiger partial charge is 0.162 e. The number of hydrogen-bond donors (Lipinski definition) is 1. The zero-order valence-electron chi connectivity index (χ0n) is 16.4. The zero-order valence-corrected chi connectivity index (χ0v) is 16.4. The Labute approximate surface area is 166 Å². The van der Waals surface area contributed by atoms with Crippen molar-refractivity contribution < 1.29 is 0 Å². The van der Waals surface area contributed by atoms with E-state index in [0.29, 0.717) is 0 Å². The number of nitrogens with zero attached hydrogens (tertiary/aromatic N) is 4. The van der Waals surface area contributed by atoms with Crippen LogP contribution in [0.1, 0.15) is 31.2 Å². The van der Waals surface area contributed by atoms with Gasteiger partial charge in [-0.25, -0.2) is 9.50 Å². The molecular formula is C23H29N5. The van der Waals surface area contributed by atoms with Crippen molar-refractivity contribution in [3.63, 3.8) is 0 Å². The largest absolute Gasteiger partial charge is 0.317 e. The topological polar surface area (TPSA) is 45.5 Å². The Morgan fingerprint density at radius 3 is 2.46 bits per heavy atom. The first-order valence-corrected chi connectivity index (χ1v) is 10.7. The Bertz CT molecular complexity index is 905. The van der Waals surface area contributed by atoms with Gasteiger partial charge in [-0.1, -0.05) is 30.3 Å². The number of rotatable bonds is 4. The lowest BCUT2D eigenvalue weighted by Gasteiger charge is -2.37. The molecule has 0 radical (unpaired) electrons. The van der Waals surface area contributed by atoms with Crippen molar-refractivity contribution in [2.75, 3.05) is 26.2 Å². The minimum absolute atomic E-state index is 0.929. The van der Waals surface area contributed by atoms with Crippen LogP contribution in [0.3, 0.4) is 0 Å². The van der Waals surface area contributed by atoms with Gasteiger partial charge >= 0.3 is 0 Å². The molecule has 0 amide bonds. The van der Waals surface area contributed by atoms with Gasteiger partial charge < -0.3 is 5.32 Å². The quantitative estimate of drug-likeness (QED) is 0.757. The van der Waals surface area contributed by atoms with Crippen LogP contribution in [0.5, 0.6) is 0 Å². The molecule has 0 atom stereocenters. The summed E-state index contributed by atoms with van der Waals surface area (Å²) in [5.41, 5.74) is 4.43. The normalized spacial score (nSPS) is 20.0. The monoisotopic (exact) mass is 375 g/mol. The van der Waals surface area contributed by atoms with E-state index in [2.05, 4.69) is 45.8 Å². The summed E-state index contributed by atoms with van der Waals surface area (Å²) >= 11 is 0. The van der Waals surface area contributed by atoms with E-state index in [9.17, 15) is 0 Å². The Morgan fingerprint density at radius 2 is 1.68 bits per heavy atom. The second-order valence-corrected chi connectivity index (χ2v) is 8.36. The van der Waals surface area contributed by atoms with E-state index < -0.39 is 0 Å². The van der Waals surface area contributed by atoms with E-state index in [1.54, 1.807) is 0 Å². The van der Waals surface area contributed by atoms with Gasteiger partial charge in [0.2, 0.25) is 0 Å². The van der Waals surface area contributed by atoms with Gasteiger partial charge in [0.25, 0.3) is 0 Å². The number of fused-ring (bicyclic) bond motifs is 1. The Hall–Kier alpha value is -2.24. The van der Waals surface area contributed by atoms with Crippen LogP contribution in [0, 0.1) is 11.8 Å². The first-order valence-electron chi connectivity index (χ1n) is 10.7. The molecule has 3 aromatic rings. The van der Waals surface area contributed by atoms with Gasteiger partial charge in [0.1, 0.15) is 0 Å². The molecule has 0 unspecified atom stereocenters. The van der Waals surface area contributed by atoms with Gasteiger partial charge in [-0.05, 0) is 69.3 Å². The van der Waals surface area contributed by atoms with Crippen LogP contribution in [-0.4, -0.2) is 45.7 Å². The maximum absolute atomic E-state index is 4.74. The Balaban J connectivity index is 1.24. The van der Waals surface area contributed by atoms with E-state index in [1.807, 2.05) is 23.0 Å². The van der Waals surface area contributed by atoms with Crippen molar-refractivity contribution >= 4 is 5.65 Å². The van der Waals surface area contributed by atoms with Crippen molar-refractivity contribution in [1.29, 1.82) is 0 Å². The van der Waals surface area contributed by atoms with E-state index >= 15 is 0 Å². The number of nitrogens with one attached hydrogen (secondary N) is 1. The van der Waals surface area contributed by atoms with Crippen LogP contribution in [0.15, 0.2) is 48.9 Å². The van der Waals surface area contributed by atoms with Gasteiger partial charge in [-0.2, -0.15) is 5.10 Å². The molecule has 2 saturated heterocycles. The second-order valence-electron chi connectivity index (χ2n) is 8.36. The molecule has 0 saturated carbocycles. The van der Waals surface area contributed by atoms with Crippen molar-refractivity contribution in [2.45, 2.75) is 32.2 Å². The van der Waals surface area contributed by atoms with Crippen LogP contribution in [0.2, 0.25) is 0 Å². The number of hydrogen-bond acceptors (Lipinski definition) is 4. The number of benzene rings is 1. The highest BCUT2D eigenvalue weighted by molar-refractivity contribution is 5.76. The molecule has 2 aliphatic rings. The third kappa shape index (κ3) is 3.69. The summed E-state index contributed by atoms with van der Waals surface area (Å²) in [7, 11) is 0. The SMILES string of the molecule is c1ccc(-c2cnn3cc(CN4CCC(C5CCNCC5)CC4)cnc23)cc1. The molecule has 1 N–H and O–H groups in total. The molecule has 0 bridgehead atoms. The molecule has 2 fully saturated rings. The lowest BCUT2D eigenvalue weighted by molar-refractivity contribution is 0.125. The maximum atomic E-state index is 4.74. The summed E-state index contributed by atoms with van der Waals surface area (Å²) in [6, 6.07) is 10.4. The molecule has 2 aliphatic heterocycles. The van der Waals surface area contributed by atoms with E-state index in [-0.39, 0.29) is 0 Å². The van der Waals surface area contributed by atoms with Gasteiger partial charge in [-0.15, -0.1) is 0 Å². The minimum atomic E-state index is 0.929. The minimum Gasteiger partial charge on any atom is -0.317 e. The lowest BCUT2D eigenvalue weighted by atomic mass is 9.79. The zero-order chi connectivity index (χ0) is 18.8. The average Bonchev–Trinajstić information content (AvgIpc) is 3.19. The van der Waals surface area contributed by atoms with Crippen molar-refractivity contribution in [2.24, 2.45) is 11.8 Å². The highest BCUT2D eigenvalue weighted by Crippen LogP contribution is 2.31. The predicted octanol–water partition coefficient (Wildman–Crippen LogP) is 3.61. The first-order chi connectivity index (χ1) is 13.9. The molecule has 0 spiro atoms. The van der Waals surface area contributed by atoms with Crippen LogP contribution in [-0.2, 0) is 6.54 Å². The number of piperidine rings is 2. The summed E-state index contributed by atoms with van der Waals surface area (Å²) < 4.78 is 1.93. The van der Waals surface area contributed by atoms with Crippen molar-refractivity contribution in [1.82, 2.24) is 24.8 Å². The van der Waals surface area contributed by atoms with Crippen LogP contribution in [0.25, 0.3) is 16.8 Å². The summed E-state index contributed by atoms with van der Waals surface area (Å²) in [6.07, 6.45) is 11.5. The highest BCUT2D eigenvalue weighted by Gasteiger charge is 2.27. The van der Waals surface area contributed by atoms with E-state index in [4.69, 9.17) is 4.98 Å². The summed E-state index contributed by atoms with van der Waals surface area (Å²) in [5, 5.41) is 8.05. The molecule has 1 aromatic carbocycles. The second kappa shape index (κ2) is 8.02. The molecule has 4 heterocycles. The fourth-order valence-corrected chi connectivity index (χ4v) is 4.97. The molecule has 2 aromatic heterocycles. The molecule has 5 nitrogen and oxygen atoms in total. The number of likely N-dealkylation sites (tertiary alicyclic amines) is 1. The molecule has 5 heteroatoms. The van der Waals surface area contributed by atoms with Crippen molar-refractivity contribution in [3.05, 3.63) is 54.5 Å². The van der Waals surface area contributed by atoms with Crippen LogP contribution >= 0.6 is 0 Å². The van der Waals surface area contributed by atoms with E-state index in [1.165, 1.54) is 57.4 Å². The Morgan fingerprint density at radius 1 is 0.929 bits per heavy atom. The van der Waals surface area contributed by atoms with Gasteiger partial charge in [0.05, 0.1) is 6.20 Å². The maximum Gasteiger partial charge on any atom is 0.162 e. The van der Waals surface area contributed by atoms with Gasteiger partial charge in [0, 0.05) is 30.1 Å². The van der Waals surface area contributed by atoms with Crippen LogP contribution in [0.4, 0.5) is 0 Å². The fourth-order valence-electron chi connectivity index (χ4n) is 4.97. The summed E-state index contributed by atoms with van der Waals surface area (Å²) in [5.74, 6) is 1.88. The van der Waals surface area contributed by atoms with E-state index in [0.717, 1.165) is 35.2 Å².